The number of halogens is 2. The number of amides is 1. The van der Waals surface area contributed by atoms with Crippen LogP contribution in [0.15, 0.2) is 46.9 Å². The highest BCUT2D eigenvalue weighted by Gasteiger charge is 2.24. The van der Waals surface area contributed by atoms with Crippen LogP contribution in [0, 0.1) is 11.6 Å². The summed E-state index contributed by atoms with van der Waals surface area (Å²) in [5, 5.41) is 12.1. The molecule has 1 aromatic heterocycles. The van der Waals surface area contributed by atoms with Gasteiger partial charge in [-0.15, -0.1) is 0 Å². The van der Waals surface area contributed by atoms with Crippen LogP contribution in [0.25, 0.3) is 22.8 Å². The second kappa shape index (κ2) is 6.93. The molecule has 2 aromatic carbocycles. The van der Waals surface area contributed by atoms with Gasteiger partial charge in [-0.2, -0.15) is 0 Å². The van der Waals surface area contributed by atoms with Crippen LogP contribution in [0.1, 0.15) is 17.4 Å². The molecule has 6 nitrogen and oxygen atoms in total. The third kappa shape index (κ3) is 3.40. The smallest absolute Gasteiger partial charge is 0.271 e. The number of benzene rings is 2. The largest absolute Gasteiger partial charge is 0.435 e. The molecule has 0 radical (unpaired) electrons. The number of oxazole rings is 1. The van der Waals surface area contributed by atoms with Gasteiger partial charge in [0, 0.05) is 11.3 Å². The Morgan fingerprint density at radius 2 is 1.81 bits per heavy atom. The summed E-state index contributed by atoms with van der Waals surface area (Å²) in [6.07, 6.45) is -0.747. The Kier molecular flexibility index (Phi) is 4.68. The van der Waals surface area contributed by atoms with Gasteiger partial charge >= 0.3 is 0 Å². The van der Waals surface area contributed by atoms with Crippen LogP contribution in [0.3, 0.4) is 0 Å². The summed E-state index contributed by atoms with van der Waals surface area (Å²) < 4.78 is 33.4. The summed E-state index contributed by atoms with van der Waals surface area (Å²) >= 11 is 0. The Morgan fingerprint density at radius 1 is 1.19 bits per heavy atom. The molecule has 8 heteroatoms. The van der Waals surface area contributed by atoms with E-state index in [-0.39, 0.29) is 17.3 Å². The maximum Gasteiger partial charge on any atom is 0.271 e. The van der Waals surface area contributed by atoms with Crippen molar-refractivity contribution < 1.29 is 23.1 Å². The zero-order valence-electron chi connectivity index (χ0n) is 13.7. The van der Waals surface area contributed by atoms with E-state index < -0.39 is 29.3 Å². The van der Waals surface area contributed by atoms with E-state index in [1.165, 1.54) is 6.07 Å². The first-order chi connectivity index (χ1) is 12.4. The lowest BCUT2D eigenvalue weighted by molar-refractivity contribution is 0.0996. The van der Waals surface area contributed by atoms with E-state index in [2.05, 4.69) is 10.3 Å². The molecule has 0 bridgehead atoms. The molecule has 0 aliphatic carbocycles. The summed E-state index contributed by atoms with van der Waals surface area (Å²) in [6.45, 7) is 1.56. The van der Waals surface area contributed by atoms with Gasteiger partial charge in [-0.1, -0.05) is 6.07 Å². The zero-order chi connectivity index (χ0) is 18.8. The number of rotatable bonds is 5. The highest BCUT2D eigenvalue weighted by molar-refractivity contribution is 5.97. The lowest BCUT2D eigenvalue weighted by Crippen LogP contribution is -2.13. The Hall–Kier alpha value is -3.26. The van der Waals surface area contributed by atoms with Crippen LogP contribution >= 0.6 is 0 Å². The molecular formula is C18H15F2N3O3. The topological polar surface area (TPSA) is 101 Å². The second-order valence-electron chi connectivity index (χ2n) is 5.56. The Morgan fingerprint density at radius 3 is 2.35 bits per heavy atom. The van der Waals surface area contributed by atoms with Crippen LogP contribution in [0.2, 0.25) is 0 Å². The van der Waals surface area contributed by atoms with Gasteiger partial charge in [0.25, 0.3) is 5.91 Å². The summed E-state index contributed by atoms with van der Waals surface area (Å²) in [5.74, 6) is -3.01. The van der Waals surface area contributed by atoms with Gasteiger partial charge in [-0.25, -0.2) is 13.8 Å². The molecule has 0 saturated heterocycles. The normalized spacial score (nSPS) is 12.0. The summed E-state index contributed by atoms with van der Waals surface area (Å²) in [6, 6.07) is 9.79. The number of hydrogen-bond acceptors (Lipinski definition) is 5. The number of aliphatic hydroxyl groups is 1. The number of carbonyl (C=O) groups is 1. The van der Waals surface area contributed by atoms with Crippen molar-refractivity contribution in [3.63, 3.8) is 0 Å². The van der Waals surface area contributed by atoms with Crippen LogP contribution in [0.5, 0.6) is 0 Å². The Balaban J connectivity index is 2.08. The third-order valence-electron chi connectivity index (χ3n) is 3.56. The molecule has 1 unspecified atom stereocenters. The minimum Gasteiger partial charge on any atom is -0.435 e. The molecule has 134 valence electrons. The first-order valence-electron chi connectivity index (χ1n) is 7.67. The van der Waals surface area contributed by atoms with Crippen molar-refractivity contribution in [2.75, 3.05) is 5.32 Å². The fourth-order valence-electron chi connectivity index (χ4n) is 2.45. The molecule has 4 N–H and O–H groups in total. The highest BCUT2D eigenvalue weighted by atomic mass is 19.1. The first kappa shape index (κ1) is 17.6. The second-order valence-corrected chi connectivity index (χ2v) is 5.56. The van der Waals surface area contributed by atoms with Crippen molar-refractivity contribution in [1.29, 1.82) is 0 Å². The molecule has 1 atom stereocenters. The van der Waals surface area contributed by atoms with Crippen molar-refractivity contribution in [3.8, 4) is 22.8 Å². The van der Waals surface area contributed by atoms with Crippen LogP contribution in [-0.2, 0) is 0 Å². The number of aromatic nitrogens is 1. The maximum atomic E-state index is 14.0. The number of primary amides is 1. The molecule has 1 amide bonds. The number of carbonyl (C=O) groups excluding carboxylic acids is 1. The minimum atomic E-state index is -0.891. The fourth-order valence-corrected chi connectivity index (χ4v) is 2.45. The van der Waals surface area contributed by atoms with E-state index in [1.807, 2.05) is 0 Å². The molecule has 26 heavy (non-hydrogen) atoms. The Labute approximate surface area is 147 Å². The molecule has 0 fully saturated rings. The molecule has 0 aliphatic rings. The molecule has 0 saturated carbocycles. The number of nitrogens with two attached hydrogens (primary N) is 1. The summed E-state index contributed by atoms with van der Waals surface area (Å²) in [4.78, 5) is 15.6. The number of aliphatic hydroxyl groups excluding tert-OH is 1. The highest BCUT2D eigenvalue weighted by Crippen LogP contribution is 2.32. The molecule has 0 aliphatic heterocycles. The number of nitrogens with zero attached hydrogens (tertiary/aromatic N) is 1. The van der Waals surface area contributed by atoms with Gasteiger partial charge in [0.05, 0.1) is 0 Å². The van der Waals surface area contributed by atoms with E-state index in [1.54, 1.807) is 31.2 Å². The van der Waals surface area contributed by atoms with E-state index in [4.69, 9.17) is 10.2 Å². The summed E-state index contributed by atoms with van der Waals surface area (Å²) in [7, 11) is 0. The van der Waals surface area contributed by atoms with E-state index >= 15 is 0 Å². The number of hydrogen-bond donors (Lipinski definition) is 3. The molecule has 0 spiro atoms. The number of nitrogens with one attached hydrogen (secondary N) is 1. The summed E-state index contributed by atoms with van der Waals surface area (Å²) in [5.41, 5.74) is 5.67. The average Bonchev–Trinajstić information content (AvgIpc) is 3.00. The van der Waals surface area contributed by atoms with E-state index in [0.29, 0.717) is 11.3 Å². The van der Waals surface area contributed by atoms with Gasteiger partial charge in [0.2, 0.25) is 5.89 Å². The van der Waals surface area contributed by atoms with Crippen molar-refractivity contribution >= 4 is 11.6 Å². The SMILES string of the molecule is CC(O)Nc1ccc(-c2oc(-c3c(F)cccc3F)nc2C(N)=O)cc1. The van der Waals surface area contributed by atoms with E-state index in [9.17, 15) is 18.7 Å². The van der Waals surface area contributed by atoms with Crippen molar-refractivity contribution in [1.82, 2.24) is 4.98 Å². The molecule has 3 rings (SSSR count). The van der Waals surface area contributed by atoms with Gasteiger partial charge in [-0.3, -0.25) is 4.79 Å². The standard InChI is InChI=1S/C18H15F2N3O3/c1-9(24)22-11-7-5-10(6-8-11)16-15(17(21)25)23-18(26-16)14-12(19)3-2-4-13(14)20/h2-9,22,24H,1H3,(H2,21,25). The van der Waals surface area contributed by atoms with Crippen LogP contribution in [-0.4, -0.2) is 22.2 Å². The van der Waals surface area contributed by atoms with Crippen molar-refractivity contribution in [3.05, 3.63) is 59.8 Å². The number of anilines is 1. The molecule has 1 heterocycles. The van der Waals surface area contributed by atoms with Crippen molar-refractivity contribution in [2.24, 2.45) is 5.73 Å². The first-order valence-corrected chi connectivity index (χ1v) is 7.67. The quantitative estimate of drug-likeness (QED) is 0.608. The predicted octanol–water partition coefficient (Wildman–Crippen LogP) is 3.14. The maximum absolute atomic E-state index is 14.0. The average molecular weight is 359 g/mol. The van der Waals surface area contributed by atoms with E-state index in [0.717, 1.165) is 12.1 Å². The fraction of sp³-hybridized carbons (Fsp3) is 0.111. The van der Waals surface area contributed by atoms with Gasteiger partial charge in [0.1, 0.15) is 23.4 Å². The lowest BCUT2D eigenvalue weighted by Gasteiger charge is -2.09. The van der Waals surface area contributed by atoms with Gasteiger partial charge in [-0.05, 0) is 43.3 Å². The minimum absolute atomic E-state index is 0.00116. The third-order valence-corrected chi connectivity index (χ3v) is 3.56. The zero-order valence-corrected chi connectivity index (χ0v) is 13.7. The lowest BCUT2D eigenvalue weighted by atomic mass is 10.1. The van der Waals surface area contributed by atoms with Crippen molar-refractivity contribution in [2.45, 2.75) is 13.2 Å². The molecular weight excluding hydrogens is 344 g/mol. The van der Waals surface area contributed by atoms with Gasteiger partial charge in [0.15, 0.2) is 11.5 Å². The monoisotopic (exact) mass is 359 g/mol. The predicted molar refractivity (Wildman–Crippen MR) is 91.1 cm³/mol. The van der Waals surface area contributed by atoms with Crippen LogP contribution in [0.4, 0.5) is 14.5 Å². The van der Waals surface area contributed by atoms with Crippen LogP contribution < -0.4 is 11.1 Å². The molecule has 3 aromatic rings. The Bertz CT molecular complexity index is 933. The van der Waals surface area contributed by atoms with Gasteiger partial charge < -0.3 is 20.6 Å².